The molecule has 3 rings (SSSR count). The molecular formula is C16H8O. The molecule has 2 aromatic carbocycles. The van der Waals surface area contributed by atoms with Gasteiger partial charge in [-0.15, -0.1) is 12.8 Å². The molecule has 0 radical (unpaired) electrons. The van der Waals surface area contributed by atoms with Crippen LogP contribution in [0.5, 0.6) is 0 Å². The lowest BCUT2D eigenvalue weighted by atomic mass is 10.1. The average Bonchev–Trinajstić information content (AvgIpc) is 2.77. The van der Waals surface area contributed by atoms with Crippen LogP contribution in [0.1, 0.15) is 11.1 Å². The molecule has 1 heterocycles. The standard InChI is InChI=1S/C16H8O/c1-3-11-7-5-9-13-14-10-6-8-12(4-2)16(14)17-15(11)13/h1-2,5-10H. The molecule has 1 aromatic heterocycles. The molecule has 0 unspecified atom stereocenters. The molecule has 0 aliphatic carbocycles. The zero-order valence-corrected chi connectivity index (χ0v) is 9.03. The first-order valence-electron chi connectivity index (χ1n) is 5.22. The highest BCUT2D eigenvalue weighted by Gasteiger charge is 2.11. The van der Waals surface area contributed by atoms with Crippen LogP contribution in [0.2, 0.25) is 0 Å². The molecule has 0 aliphatic rings. The molecule has 0 amide bonds. The van der Waals surface area contributed by atoms with Crippen LogP contribution in [0, 0.1) is 24.7 Å². The van der Waals surface area contributed by atoms with Crippen molar-refractivity contribution in [3.05, 3.63) is 47.5 Å². The fraction of sp³-hybridized carbons (Fsp3) is 0. The second-order valence-electron chi connectivity index (χ2n) is 3.76. The summed E-state index contributed by atoms with van der Waals surface area (Å²) in [5.41, 5.74) is 2.96. The largest absolute Gasteiger partial charge is 0.453 e. The minimum Gasteiger partial charge on any atom is -0.453 e. The van der Waals surface area contributed by atoms with Crippen molar-refractivity contribution < 1.29 is 4.42 Å². The molecule has 0 fully saturated rings. The molecule has 0 saturated heterocycles. The van der Waals surface area contributed by atoms with Crippen LogP contribution in [0.3, 0.4) is 0 Å². The summed E-state index contributed by atoms with van der Waals surface area (Å²) in [5, 5.41) is 2.01. The highest BCUT2D eigenvalue weighted by atomic mass is 16.3. The highest BCUT2D eigenvalue weighted by molar-refractivity contribution is 6.08. The highest BCUT2D eigenvalue weighted by Crippen LogP contribution is 2.32. The fourth-order valence-electron chi connectivity index (χ4n) is 2.05. The molecule has 1 heteroatoms. The SMILES string of the molecule is C#Cc1cccc2c1oc1c(C#C)cccc12. The van der Waals surface area contributed by atoms with Crippen molar-refractivity contribution in [3.8, 4) is 24.7 Å². The van der Waals surface area contributed by atoms with Gasteiger partial charge in [0.05, 0.1) is 11.1 Å². The van der Waals surface area contributed by atoms with E-state index in [9.17, 15) is 0 Å². The number of benzene rings is 2. The second-order valence-corrected chi connectivity index (χ2v) is 3.76. The first kappa shape index (κ1) is 9.58. The molecule has 78 valence electrons. The van der Waals surface area contributed by atoms with E-state index in [1.807, 2.05) is 36.4 Å². The Bertz CT molecular complexity index is 739. The minimum atomic E-state index is 0.729. The maximum absolute atomic E-state index is 5.81. The van der Waals surface area contributed by atoms with Crippen molar-refractivity contribution in [2.75, 3.05) is 0 Å². The first-order valence-corrected chi connectivity index (χ1v) is 5.22. The van der Waals surface area contributed by atoms with Gasteiger partial charge < -0.3 is 4.42 Å². The van der Waals surface area contributed by atoms with Gasteiger partial charge in [0.25, 0.3) is 0 Å². The second kappa shape index (κ2) is 3.44. The third-order valence-electron chi connectivity index (χ3n) is 2.84. The third-order valence-corrected chi connectivity index (χ3v) is 2.84. The van der Waals surface area contributed by atoms with E-state index < -0.39 is 0 Å². The zero-order chi connectivity index (χ0) is 11.8. The predicted octanol–water partition coefficient (Wildman–Crippen LogP) is 3.55. The normalized spacial score (nSPS) is 10.2. The molecule has 0 N–H and O–H groups in total. The number of rotatable bonds is 0. The van der Waals surface area contributed by atoms with E-state index >= 15 is 0 Å². The summed E-state index contributed by atoms with van der Waals surface area (Å²) >= 11 is 0. The maximum atomic E-state index is 5.81. The summed E-state index contributed by atoms with van der Waals surface area (Å²) < 4.78 is 5.81. The van der Waals surface area contributed by atoms with Gasteiger partial charge in [0.2, 0.25) is 0 Å². The smallest absolute Gasteiger partial charge is 0.151 e. The molecule has 0 saturated carbocycles. The van der Waals surface area contributed by atoms with Gasteiger partial charge in [-0.3, -0.25) is 0 Å². The topological polar surface area (TPSA) is 13.1 Å². The molecule has 0 atom stereocenters. The molecule has 17 heavy (non-hydrogen) atoms. The Morgan fingerprint density at radius 3 is 1.65 bits per heavy atom. The third kappa shape index (κ3) is 1.24. The summed E-state index contributed by atoms with van der Waals surface area (Å²) in [4.78, 5) is 0. The Hall–Kier alpha value is -2.64. The van der Waals surface area contributed by atoms with E-state index in [1.54, 1.807) is 0 Å². The van der Waals surface area contributed by atoms with Crippen molar-refractivity contribution in [1.29, 1.82) is 0 Å². The lowest BCUT2D eigenvalue weighted by molar-refractivity contribution is 0.666. The summed E-state index contributed by atoms with van der Waals surface area (Å²) in [6.45, 7) is 0. The fourth-order valence-corrected chi connectivity index (χ4v) is 2.05. The number of furan rings is 1. The number of hydrogen-bond acceptors (Lipinski definition) is 1. The van der Waals surface area contributed by atoms with Crippen molar-refractivity contribution in [1.82, 2.24) is 0 Å². The quantitative estimate of drug-likeness (QED) is 0.524. The molecular weight excluding hydrogens is 208 g/mol. The summed E-state index contributed by atoms with van der Waals surface area (Å²) in [5.74, 6) is 5.25. The number of para-hydroxylation sites is 2. The monoisotopic (exact) mass is 216 g/mol. The number of hydrogen-bond donors (Lipinski definition) is 0. The Morgan fingerprint density at radius 2 is 1.24 bits per heavy atom. The molecule has 3 aromatic rings. The van der Waals surface area contributed by atoms with Gasteiger partial charge in [0.15, 0.2) is 11.2 Å². The zero-order valence-electron chi connectivity index (χ0n) is 9.03. The van der Waals surface area contributed by atoms with Gasteiger partial charge in [-0.05, 0) is 12.1 Å². The number of fused-ring (bicyclic) bond motifs is 3. The lowest BCUT2D eigenvalue weighted by Gasteiger charge is -1.91. The van der Waals surface area contributed by atoms with Crippen molar-refractivity contribution in [2.45, 2.75) is 0 Å². The van der Waals surface area contributed by atoms with Crippen LogP contribution >= 0.6 is 0 Å². The van der Waals surface area contributed by atoms with Gasteiger partial charge in [-0.2, -0.15) is 0 Å². The van der Waals surface area contributed by atoms with E-state index in [0.717, 1.165) is 33.1 Å². The van der Waals surface area contributed by atoms with Gasteiger partial charge in [-0.1, -0.05) is 36.1 Å². The van der Waals surface area contributed by atoms with Crippen LogP contribution in [0.4, 0.5) is 0 Å². The summed E-state index contributed by atoms with van der Waals surface area (Å²) in [6.07, 6.45) is 10.9. The molecule has 0 aliphatic heterocycles. The maximum Gasteiger partial charge on any atom is 0.151 e. The van der Waals surface area contributed by atoms with Crippen molar-refractivity contribution in [2.24, 2.45) is 0 Å². The summed E-state index contributed by atoms with van der Waals surface area (Å²) in [6, 6.07) is 11.6. The van der Waals surface area contributed by atoms with E-state index in [4.69, 9.17) is 17.3 Å². The Labute approximate surface area is 99.0 Å². The molecule has 0 spiro atoms. The van der Waals surface area contributed by atoms with E-state index in [2.05, 4.69) is 11.8 Å². The van der Waals surface area contributed by atoms with Crippen LogP contribution in [-0.4, -0.2) is 0 Å². The lowest BCUT2D eigenvalue weighted by Crippen LogP contribution is -1.73. The van der Waals surface area contributed by atoms with Gasteiger partial charge in [0, 0.05) is 10.8 Å². The first-order chi connectivity index (χ1) is 8.35. The predicted molar refractivity (Wildman–Crippen MR) is 69.6 cm³/mol. The summed E-state index contributed by atoms with van der Waals surface area (Å²) in [7, 11) is 0. The van der Waals surface area contributed by atoms with E-state index in [1.165, 1.54) is 0 Å². The Balaban J connectivity index is 2.60. The minimum absolute atomic E-state index is 0.729. The Morgan fingerprint density at radius 1 is 0.765 bits per heavy atom. The van der Waals surface area contributed by atoms with Crippen molar-refractivity contribution >= 4 is 21.9 Å². The van der Waals surface area contributed by atoms with E-state index in [0.29, 0.717) is 0 Å². The molecule has 1 nitrogen and oxygen atoms in total. The van der Waals surface area contributed by atoms with Crippen LogP contribution in [0.15, 0.2) is 40.8 Å². The number of terminal acetylenes is 2. The average molecular weight is 216 g/mol. The van der Waals surface area contributed by atoms with E-state index in [-0.39, 0.29) is 0 Å². The van der Waals surface area contributed by atoms with Crippen LogP contribution < -0.4 is 0 Å². The van der Waals surface area contributed by atoms with Gasteiger partial charge in [0.1, 0.15) is 0 Å². The van der Waals surface area contributed by atoms with Crippen LogP contribution in [-0.2, 0) is 0 Å². The molecule has 0 bridgehead atoms. The van der Waals surface area contributed by atoms with Gasteiger partial charge >= 0.3 is 0 Å². The van der Waals surface area contributed by atoms with Crippen LogP contribution in [0.25, 0.3) is 21.9 Å². The van der Waals surface area contributed by atoms with Gasteiger partial charge in [-0.25, -0.2) is 0 Å². The Kier molecular flexibility index (Phi) is 1.94. The van der Waals surface area contributed by atoms with Crippen molar-refractivity contribution in [3.63, 3.8) is 0 Å².